The summed E-state index contributed by atoms with van der Waals surface area (Å²) in [5.41, 5.74) is -0.483. The van der Waals surface area contributed by atoms with Gasteiger partial charge in [-0.3, -0.25) is 4.79 Å². The SMILES string of the molecule is CC(=O)N1CCC(NC(=O)OC(C)(C)C)C1. The molecule has 0 aromatic carbocycles. The van der Waals surface area contributed by atoms with Crippen LogP contribution in [0.2, 0.25) is 0 Å². The number of ether oxygens (including phenoxy) is 1. The van der Waals surface area contributed by atoms with Gasteiger partial charge in [0.1, 0.15) is 5.60 Å². The number of carbonyl (C=O) groups excluding carboxylic acids is 2. The molecule has 1 rings (SSSR count). The number of nitrogens with zero attached hydrogens (tertiary/aromatic N) is 1. The van der Waals surface area contributed by atoms with Gasteiger partial charge in [0, 0.05) is 20.0 Å². The Morgan fingerprint density at radius 2 is 2.00 bits per heavy atom. The summed E-state index contributed by atoms with van der Waals surface area (Å²) in [5, 5.41) is 2.77. The first-order valence-electron chi connectivity index (χ1n) is 5.53. The number of likely N-dealkylation sites (tertiary alicyclic amines) is 1. The minimum atomic E-state index is -0.483. The van der Waals surface area contributed by atoms with E-state index in [0.29, 0.717) is 13.1 Å². The average Bonchev–Trinajstić information content (AvgIpc) is 2.48. The van der Waals surface area contributed by atoms with Crippen molar-refractivity contribution in [3.05, 3.63) is 0 Å². The molecule has 5 heteroatoms. The molecule has 0 aromatic heterocycles. The molecule has 0 spiro atoms. The van der Waals surface area contributed by atoms with Gasteiger partial charge in [0.15, 0.2) is 0 Å². The average molecular weight is 228 g/mol. The van der Waals surface area contributed by atoms with E-state index in [0.717, 1.165) is 6.42 Å². The van der Waals surface area contributed by atoms with E-state index >= 15 is 0 Å². The van der Waals surface area contributed by atoms with Gasteiger partial charge < -0.3 is 15.0 Å². The zero-order valence-corrected chi connectivity index (χ0v) is 10.4. The number of rotatable bonds is 1. The topological polar surface area (TPSA) is 58.6 Å². The van der Waals surface area contributed by atoms with E-state index in [1.165, 1.54) is 6.92 Å². The Morgan fingerprint density at radius 3 is 2.44 bits per heavy atom. The van der Waals surface area contributed by atoms with Crippen LogP contribution in [-0.2, 0) is 9.53 Å². The largest absolute Gasteiger partial charge is 0.444 e. The maximum absolute atomic E-state index is 11.5. The van der Waals surface area contributed by atoms with Gasteiger partial charge in [-0.1, -0.05) is 0 Å². The fourth-order valence-corrected chi connectivity index (χ4v) is 1.64. The number of hydrogen-bond donors (Lipinski definition) is 1. The molecule has 1 heterocycles. The van der Waals surface area contributed by atoms with Crippen molar-refractivity contribution in [2.24, 2.45) is 0 Å². The summed E-state index contributed by atoms with van der Waals surface area (Å²) in [4.78, 5) is 24.3. The monoisotopic (exact) mass is 228 g/mol. The molecular weight excluding hydrogens is 208 g/mol. The van der Waals surface area contributed by atoms with E-state index in [9.17, 15) is 9.59 Å². The Hall–Kier alpha value is -1.26. The summed E-state index contributed by atoms with van der Waals surface area (Å²) in [6.07, 6.45) is 0.377. The van der Waals surface area contributed by atoms with Crippen LogP contribution in [0.3, 0.4) is 0 Å². The lowest BCUT2D eigenvalue weighted by atomic mass is 10.2. The third kappa shape index (κ3) is 4.08. The van der Waals surface area contributed by atoms with Crippen molar-refractivity contribution in [1.29, 1.82) is 0 Å². The fraction of sp³-hybridized carbons (Fsp3) is 0.818. The molecule has 1 atom stereocenters. The lowest BCUT2D eigenvalue weighted by Crippen LogP contribution is -2.41. The van der Waals surface area contributed by atoms with Gasteiger partial charge in [0.05, 0.1) is 6.04 Å². The minimum Gasteiger partial charge on any atom is -0.444 e. The van der Waals surface area contributed by atoms with Crippen LogP contribution in [0.1, 0.15) is 34.1 Å². The zero-order chi connectivity index (χ0) is 12.3. The minimum absolute atomic E-state index is 0.0127. The number of alkyl carbamates (subject to hydrolysis) is 1. The zero-order valence-electron chi connectivity index (χ0n) is 10.4. The Balaban J connectivity index is 2.34. The van der Waals surface area contributed by atoms with E-state index in [-0.39, 0.29) is 11.9 Å². The van der Waals surface area contributed by atoms with Crippen LogP contribution in [0, 0.1) is 0 Å². The summed E-state index contributed by atoms with van der Waals surface area (Å²) < 4.78 is 5.14. The van der Waals surface area contributed by atoms with E-state index in [1.54, 1.807) is 4.90 Å². The second-order valence-electron chi connectivity index (χ2n) is 5.10. The van der Waals surface area contributed by atoms with Crippen molar-refractivity contribution >= 4 is 12.0 Å². The molecule has 0 radical (unpaired) electrons. The highest BCUT2D eigenvalue weighted by Gasteiger charge is 2.27. The Bertz CT molecular complexity index is 283. The first-order valence-corrected chi connectivity index (χ1v) is 5.53. The lowest BCUT2D eigenvalue weighted by Gasteiger charge is -2.21. The summed E-state index contributed by atoms with van der Waals surface area (Å²) in [5.74, 6) is 0.0495. The summed E-state index contributed by atoms with van der Waals surface area (Å²) in [6, 6.07) is 0.0127. The molecule has 0 aromatic rings. The highest BCUT2D eigenvalue weighted by atomic mass is 16.6. The van der Waals surface area contributed by atoms with Crippen LogP contribution in [0.5, 0.6) is 0 Å². The molecule has 5 nitrogen and oxygen atoms in total. The van der Waals surface area contributed by atoms with Crippen LogP contribution >= 0.6 is 0 Å². The van der Waals surface area contributed by atoms with Crippen LogP contribution in [0.4, 0.5) is 4.79 Å². The van der Waals surface area contributed by atoms with Gasteiger partial charge in [-0.15, -0.1) is 0 Å². The smallest absolute Gasteiger partial charge is 0.407 e. The van der Waals surface area contributed by atoms with Gasteiger partial charge in [-0.05, 0) is 27.2 Å². The Labute approximate surface area is 96.1 Å². The number of amides is 2. The van der Waals surface area contributed by atoms with Crippen molar-refractivity contribution < 1.29 is 14.3 Å². The van der Waals surface area contributed by atoms with Crippen molar-refractivity contribution in [1.82, 2.24) is 10.2 Å². The quantitative estimate of drug-likeness (QED) is 0.732. The van der Waals surface area contributed by atoms with Crippen molar-refractivity contribution in [2.75, 3.05) is 13.1 Å². The van der Waals surface area contributed by atoms with Crippen LogP contribution in [0.15, 0.2) is 0 Å². The van der Waals surface area contributed by atoms with E-state index < -0.39 is 11.7 Å². The highest BCUT2D eigenvalue weighted by molar-refractivity contribution is 5.74. The number of nitrogens with one attached hydrogen (secondary N) is 1. The van der Waals surface area contributed by atoms with Crippen LogP contribution in [0.25, 0.3) is 0 Å². The predicted octanol–water partition coefficient (Wildman–Crippen LogP) is 1.13. The third-order valence-corrected chi connectivity index (χ3v) is 2.35. The molecule has 0 saturated carbocycles. The van der Waals surface area contributed by atoms with Crippen LogP contribution in [-0.4, -0.2) is 41.6 Å². The van der Waals surface area contributed by atoms with Gasteiger partial charge in [-0.2, -0.15) is 0 Å². The Morgan fingerprint density at radius 1 is 1.38 bits per heavy atom. The second kappa shape index (κ2) is 4.72. The molecule has 1 unspecified atom stereocenters. The summed E-state index contributed by atoms with van der Waals surface area (Å²) >= 11 is 0. The molecule has 0 aliphatic carbocycles. The first-order chi connectivity index (χ1) is 7.28. The molecule has 16 heavy (non-hydrogen) atoms. The maximum Gasteiger partial charge on any atom is 0.407 e. The van der Waals surface area contributed by atoms with Gasteiger partial charge in [-0.25, -0.2) is 4.79 Å². The fourth-order valence-electron chi connectivity index (χ4n) is 1.64. The van der Waals surface area contributed by atoms with Gasteiger partial charge in [0.2, 0.25) is 5.91 Å². The number of hydrogen-bond acceptors (Lipinski definition) is 3. The van der Waals surface area contributed by atoms with E-state index in [2.05, 4.69) is 5.32 Å². The maximum atomic E-state index is 11.5. The number of carbonyl (C=O) groups is 2. The van der Waals surface area contributed by atoms with E-state index in [1.807, 2.05) is 20.8 Å². The molecule has 92 valence electrons. The molecule has 1 fully saturated rings. The van der Waals surface area contributed by atoms with Crippen molar-refractivity contribution in [3.63, 3.8) is 0 Å². The van der Waals surface area contributed by atoms with Gasteiger partial charge >= 0.3 is 6.09 Å². The van der Waals surface area contributed by atoms with Crippen molar-refractivity contribution in [2.45, 2.75) is 45.8 Å². The lowest BCUT2D eigenvalue weighted by molar-refractivity contribution is -0.127. The van der Waals surface area contributed by atoms with E-state index in [4.69, 9.17) is 4.74 Å². The first kappa shape index (κ1) is 12.8. The predicted molar refractivity (Wildman–Crippen MR) is 60.0 cm³/mol. The molecular formula is C11H20N2O3. The highest BCUT2D eigenvalue weighted by Crippen LogP contribution is 2.11. The molecule has 1 saturated heterocycles. The molecule has 0 bridgehead atoms. The van der Waals surface area contributed by atoms with Gasteiger partial charge in [0.25, 0.3) is 0 Å². The normalized spacial score (nSPS) is 20.8. The molecule has 1 aliphatic rings. The second-order valence-corrected chi connectivity index (χ2v) is 5.10. The molecule has 2 amide bonds. The van der Waals surface area contributed by atoms with Crippen LogP contribution < -0.4 is 5.32 Å². The molecule has 1 aliphatic heterocycles. The standard InChI is InChI=1S/C11H20N2O3/c1-8(14)13-6-5-9(7-13)12-10(15)16-11(2,3)4/h9H,5-7H2,1-4H3,(H,12,15). The van der Waals surface area contributed by atoms with Crippen molar-refractivity contribution in [3.8, 4) is 0 Å². The summed E-state index contributed by atoms with van der Waals surface area (Å²) in [7, 11) is 0. The third-order valence-electron chi connectivity index (χ3n) is 2.35. The molecule has 1 N–H and O–H groups in total. The Kier molecular flexibility index (Phi) is 3.78. The summed E-state index contributed by atoms with van der Waals surface area (Å²) in [6.45, 7) is 8.29.